The van der Waals surface area contributed by atoms with Crippen molar-refractivity contribution in [3.05, 3.63) is 11.6 Å². The Kier molecular flexibility index (Phi) is 6.51. The van der Waals surface area contributed by atoms with Gasteiger partial charge in [0, 0.05) is 5.92 Å². The molecular formula is C11H20O2. The molecule has 0 aromatic heterocycles. The summed E-state index contributed by atoms with van der Waals surface area (Å²) in [4.78, 5) is 10.2. The Morgan fingerprint density at radius 1 is 1.54 bits per heavy atom. The van der Waals surface area contributed by atoms with Gasteiger partial charge in [0.1, 0.15) is 6.29 Å². The monoisotopic (exact) mass is 184 g/mol. The van der Waals surface area contributed by atoms with Gasteiger partial charge in [0.05, 0.1) is 6.10 Å². The fourth-order valence-corrected chi connectivity index (χ4v) is 1.23. The summed E-state index contributed by atoms with van der Waals surface area (Å²) in [6.45, 7) is 5.94. The average Bonchev–Trinajstić information content (AvgIpc) is 2.13. The molecule has 1 N–H and O–H groups in total. The highest BCUT2D eigenvalue weighted by atomic mass is 16.3. The van der Waals surface area contributed by atoms with Crippen molar-refractivity contribution in [3.63, 3.8) is 0 Å². The normalized spacial score (nSPS) is 16.8. The zero-order valence-electron chi connectivity index (χ0n) is 8.79. The minimum atomic E-state index is -0.309. The molecule has 0 aromatic carbocycles. The van der Waals surface area contributed by atoms with Crippen LogP contribution in [0.1, 0.15) is 40.0 Å². The van der Waals surface area contributed by atoms with Gasteiger partial charge in [0.2, 0.25) is 0 Å². The van der Waals surface area contributed by atoms with Gasteiger partial charge in [-0.3, -0.25) is 4.79 Å². The molecule has 0 aliphatic carbocycles. The summed E-state index contributed by atoms with van der Waals surface area (Å²) >= 11 is 0. The average molecular weight is 184 g/mol. The lowest BCUT2D eigenvalue weighted by Crippen LogP contribution is -2.18. The van der Waals surface area contributed by atoms with E-state index in [0.29, 0.717) is 0 Å². The van der Waals surface area contributed by atoms with E-state index in [1.54, 1.807) is 0 Å². The van der Waals surface area contributed by atoms with Gasteiger partial charge in [-0.2, -0.15) is 0 Å². The van der Waals surface area contributed by atoms with Crippen LogP contribution in [0.4, 0.5) is 0 Å². The van der Waals surface area contributed by atoms with Crippen molar-refractivity contribution in [2.45, 2.75) is 46.1 Å². The van der Waals surface area contributed by atoms with Crippen molar-refractivity contribution >= 4 is 6.29 Å². The first-order valence-electron chi connectivity index (χ1n) is 4.93. The van der Waals surface area contributed by atoms with Crippen LogP contribution in [-0.4, -0.2) is 17.5 Å². The standard InChI is InChI=1S/C11H20O2/c1-4-5-6-11(13)10(3)9(2)7-8-12/h7-8,10-11,13H,4-6H2,1-3H3. The molecule has 2 unspecified atom stereocenters. The van der Waals surface area contributed by atoms with Gasteiger partial charge in [0.25, 0.3) is 0 Å². The third-order valence-electron chi connectivity index (χ3n) is 2.48. The molecule has 0 amide bonds. The van der Waals surface area contributed by atoms with Crippen LogP contribution in [0.3, 0.4) is 0 Å². The summed E-state index contributed by atoms with van der Waals surface area (Å²) < 4.78 is 0. The number of aldehydes is 1. The SMILES string of the molecule is CCCCC(O)C(C)C(C)=CC=O. The molecule has 0 saturated heterocycles. The van der Waals surface area contributed by atoms with E-state index in [9.17, 15) is 9.90 Å². The smallest absolute Gasteiger partial charge is 0.142 e. The van der Waals surface area contributed by atoms with E-state index in [2.05, 4.69) is 6.92 Å². The fraction of sp³-hybridized carbons (Fsp3) is 0.727. The lowest BCUT2D eigenvalue weighted by atomic mass is 9.93. The predicted octanol–water partition coefficient (Wildman–Crippen LogP) is 2.32. The van der Waals surface area contributed by atoms with Crippen molar-refractivity contribution < 1.29 is 9.90 Å². The lowest BCUT2D eigenvalue weighted by Gasteiger charge is -2.18. The van der Waals surface area contributed by atoms with Crippen LogP contribution in [0.2, 0.25) is 0 Å². The first-order chi connectivity index (χ1) is 6.13. The molecule has 2 nitrogen and oxygen atoms in total. The van der Waals surface area contributed by atoms with Crippen LogP contribution in [0.5, 0.6) is 0 Å². The van der Waals surface area contributed by atoms with E-state index in [1.165, 1.54) is 6.08 Å². The number of rotatable bonds is 6. The van der Waals surface area contributed by atoms with Crippen molar-refractivity contribution in [1.82, 2.24) is 0 Å². The van der Waals surface area contributed by atoms with Crippen LogP contribution in [0, 0.1) is 5.92 Å². The summed E-state index contributed by atoms with van der Waals surface area (Å²) in [5.74, 6) is 0.0942. The maximum absolute atomic E-state index is 10.2. The van der Waals surface area contributed by atoms with E-state index >= 15 is 0 Å². The summed E-state index contributed by atoms with van der Waals surface area (Å²) in [7, 11) is 0. The summed E-state index contributed by atoms with van der Waals surface area (Å²) in [6, 6.07) is 0. The third kappa shape index (κ3) is 4.83. The Bertz CT molecular complexity index is 173. The van der Waals surface area contributed by atoms with Gasteiger partial charge < -0.3 is 5.11 Å². The molecule has 0 heterocycles. The van der Waals surface area contributed by atoms with E-state index in [-0.39, 0.29) is 12.0 Å². The molecule has 0 aliphatic heterocycles. The molecule has 76 valence electrons. The number of carbonyl (C=O) groups is 1. The highest BCUT2D eigenvalue weighted by Crippen LogP contribution is 2.17. The Hall–Kier alpha value is -0.630. The number of aliphatic hydroxyl groups excluding tert-OH is 1. The maximum atomic E-state index is 10.2. The highest BCUT2D eigenvalue weighted by Gasteiger charge is 2.14. The molecule has 0 fully saturated rings. The summed E-state index contributed by atoms with van der Waals surface area (Å²) in [6.07, 6.45) is 4.95. The van der Waals surface area contributed by atoms with Crippen LogP contribution in [0.25, 0.3) is 0 Å². The molecule has 0 spiro atoms. The quantitative estimate of drug-likeness (QED) is 0.508. The first kappa shape index (κ1) is 12.4. The molecule has 2 heteroatoms. The van der Waals surface area contributed by atoms with Crippen LogP contribution in [-0.2, 0) is 4.79 Å². The number of aliphatic hydroxyl groups is 1. The molecule has 0 radical (unpaired) electrons. The second-order valence-corrected chi connectivity index (χ2v) is 3.55. The van der Waals surface area contributed by atoms with E-state index in [0.717, 1.165) is 31.1 Å². The van der Waals surface area contributed by atoms with E-state index in [4.69, 9.17) is 0 Å². The first-order valence-corrected chi connectivity index (χ1v) is 4.93. The zero-order valence-corrected chi connectivity index (χ0v) is 8.79. The highest BCUT2D eigenvalue weighted by molar-refractivity contribution is 5.66. The number of hydrogen-bond donors (Lipinski definition) is 1. The Labute approximate surface area is 80.7 Å². The molecule has 0 bridgehead atoms. The largest absolute Gasteiger partial charge is 0.393 e. The molecule has 0 rings (SSSR count). The Morgan fingerprint density at radius 3 is 2.62 bits per heavy atom. The van der Waals surface area contributed by atoms with Crippen molar-refractivity contribution in [1.29, 1.82) is 0 Å². The molecule has 2 atom stereocenters. The number of allylic oxidation sites excluding steroid dienone is 1. The summed E-state index contributed by atoms with van der Waals surface area (Å²) in [5.41, 5.74) is 0.957. The van der Waals surface area contributed by atoms with Gasteiger partial charge in [-0.1, -0.05) is 32.3 Å². The van der Waals surface area contributed by atoms with Crippen LogP contribution < -0.4 is 0 Å². The second-order valence-electron chi connectivity index (χ2n) is 3.55. The Morgan fingerprint density at radius 2 is 2.15 bits per heavy atom. The maximum Gasteiger partial charge on any atom is 0.142 e. The molecule has 0 saturated carbocycles. The van der Waals surface area contributed by atoms with Crippen molar-refractivity contribution in [3.8, 4) is 0 Å². The topological polar surface area (TPSA) is 37.3 Å². The zero-order chi connectivity index (χ0) is 10.3. The number of carbonyl (C=O) groups excluding carboxylic acids is 1. The number of hydrogen-bond acceptors (Lipinski definition) is 2. The summed E-state index contributed by atoms with van der Waals surface area (Å²) in [5, 5.41) is 9.69. The van der Waals surface area contributed by atoms with Gasteiger partial charge in [-0.05, 0) is 19.4 Å². The molecular weight excluding hydrogens is 164 g/mol. The van der Waals surface area contributed by atoms with E-state index in [1.807, 2.05) is 13.8 Å². The van der Waals surface area contributed by atoms with Crippen molar-refractivity contribution in [2.75, 3.05) is 0 Å². The molecule has 13 heavy (non-hydrogen) atoms. The van der Waals surface area contributed by atoms with Gasteiger partial charge in [-0.15, -0.1) is 0 Å². The van der Waals surface area contributed by atoms with E-state index < -0.39 is 0 Å². The molecule has 0 aromatic rings. The van der Waals surface area contributed by atoms with Gasteiger partial charge >= 0.3 is 0 Å². The van der Waals surface area contributed by atoms with Crippen LogP contribution >= 0.6 is 0 Å². The van der Waals surface area contributed by atoms with Gasteiger partial charge in [0.15, 0.2) is 0 Å². The number of unbranched alkanes of at least 4 members (excludes halogenated alkanes) is 1. The minimum absolute atomic E-state index is 0.0942. The van der Waals surface area contributed by atoms with Gasteiger partial charge in [-0.25, -0.2) is 0 Å². The third-order valence-corrected chi connectivity index (χ3v) is 2.48. The predicted molar refractivity (Wildman–Crippen MR) is 54.5 cm³/mol. The molecule has 0 aliphatic rings. The van der Waals surface area contributed by atoms with Crippen LogP contribution in [0.15, 0.2) is 11.6 Å². The second kappa shape index (κ2) is 6.84. The van der Waals surface area contributed by atoms with Crippen molar-refractivity contribution in [2.24, 2.45) is 5.92 Å². The lowest BCUT2D eigenvalue weighted by molar-refractivity contribution is -0.104. The minimum Gasteiger partial charge on any atom is -0.393 e. The Balaban J connectivity index is 4.00. The fourth-order valence-electron chi connectivity index (χ4n) is 1.23.